The van der Waals surface area contributed by atoms with E-state index in [1.165, 1.54) is 0 Å². The Balaban J connectivity index is 1.55. The maximum absolute atomic E-state index is 12.6. The van der Waals surface area contributed by atoms with Crippen LogP contribution in [0, 0.1) is 5.92 Å². The molecule has 0 bridgehead atoms. The van der Waals surface area contributed by atoms with Crippen LogP contribution < -0.4 is 5.32 Å². The van der Waals surface area contributed by atoms with Gasteiger partial charge in [-0.05, 0) is 59.0 Å². The summed E-state index contributed by atoms with van der Waals surface area (Å²) in [7, 11) is 0. The first-order valence-corrected chi connectivity index (χ1v) is 14.3. The number of nitrogens with one attached hydrogen (secondary N) is 1. The monoisotopic (exact) mass is 532 g/mol. The highest BCUT2D eigenvalue weighted by Crippen LogP contribution is 2.43. The molecule has 0 aromatic rings. The van der Waals surface area contributed by atoms with Crippen LogP contribution in [0.4, 0.5) is 0 Å². The Hall–Kier alpha value is -2.00. The van der Waals surface area contributed by atoms with Crippen LogP contribution in [0.2, 0.25) is 0 Å². The first-order chi connectivity index (χ1) is 18.1. The molecule has 214 valence electrons. The van der Waals surface area contributed by atoms with Gasteiger partial charge in [-0.2, -0.15) is 0 Å². The number of rotatable bonds is 11. The van der Waals surface area contributed by atoms with E-state index in [0.717, 1.165) is 24.8 Å². The van der Waals surface area contributed by atoms with Crippen molar-refractivity contribution in [3.05, 3.63) is 36.0 Å². The largest absolute Gasteiger partial charge is 0.387 e. The minimum absolute atomic E-state index is 0.00342. The van der Waals surface area contributed by atoms with Gasteiger partial charge in [0.1, 0.15) is 17.8 Å². The minimum atomic E-state index is -0.756. The predicted octanol–water partition coefficient (Wildman–Crippen LogP) is 3.69. The minimum Gasteiger partial charge on any atom is -0.387 e. The molecule has 8 heteroatoms. The molecule has 3 aliphatic rings. The van der Waals surface area contributed by atoms with E-state index in [4.69, 9.17) is 14.2 Å². The molecule has 0 saturated carbocycles. The first-order valence-electron chi connectivity index (χ1n) is 14.3. The fraction of sp³-hybridized carbons (Fsp3) is 0.733. The van der Waals surface area contributed by atoms with E-state index in [1.54, 1.807) is 11.0 Å². The Kier molecular flexibility index (Phi) is 11.2. The van der Waals surface area contributed by atoms with Gasteiger partial charge in [0.25, 0.3) is 0 Å². The molecule has 8 nitrogen and oxygen atoms in total. The fourth-order valence-electron chi connectivity index (χ4n) is 5.49. The van der Waals surface area contributed by atoms with Crippen LogP contribution in [0.25, 0.3) is 0 Å². The third-order valence-corrected chi connectivity index (χ3v) is 8.08. The summed E-state index contributed by atoms with van der Waals surface area (Å²) in [6.07, 6.45) is 11.2. The van der Waals surface area contributed by atoms with Gasteiger partial charge in [-0.15, -0.1) is 0 Å². The highest BCUT2D eigenvalue weighted by Gasteiger charge is 2.58. The van der Waals surface area contributed by atoms with Crippen molar-refractivity contribution in [1.29, 1.82) is 0 Å². The number of hydrogen-bond acceptors (Lipinski definition) is 6. The first kappa shape index (κ1) is 30.5. The summed E-state index contributed by atoms with van der Waals surface area (Å²) < 4.78 is 18.1. The maximum Gasteiger partial charge on any atom is 0.243 e. The van der Waals surface area contributed by atoms with Crippen molar-refractivity contribution >= 4 is 11.8 Å². The smallest absolute Gasteiger partial charge is 0.243 e. The van der Waals surface area contributed by atoms with Crippen LogP contribution in [-0.4, -0.2) is 83.7 Å². The molecule has 3 heterocycles. The number of carbonyl (C=O) groups excluding carboxylic acids is 2. The second kappa shape index (κ2) is 13.9. The standard InChI is InChI=1S/C30H48N2O6/c1-7-10-11-27(33)31-24-16-21(5)25(37-22(24)6)14-12-20(4)13-15-26-29(35)30(19-36-30)18-23(38-26)17-28(34)32(8-2)9-3/h10-13,15,21-26,29,35H,7-9,14,16-19H2,1-6H3,(H,31,33)/b11-10-,15-13+,20-12+/t21?,22?,23-,24?,25?,26?,29-,30?/m1/s1. The average Bonchev–Trinajstić information content (AvgIpc) is 3.65. The lowest BCUT2D eigenvalue weighted by molar-refractivity contribution is -0.150. The Bertz CT molecular complexity index is 891. The fourth-order valence-corrected chi connectivity index (χ4v) is 5.49. The van der Waals surface area contributed by atoms with Crippen LogP contribution in [0.3, 0.4) is 0 Å². The van der Waals surface area contributed by atoms with Crippen molar-refractivity contribution in [2.45, 2.75) is 116 Å². The average molecular weight is 533 g/mol. The lowest BCUT2D eigenvalue weighted by Gasteiger charge is -2.39. The Labute approximate surface area is 228 Å². The van der Waals surface area contributed by atoms with Gasteiger partial charge in [-0.25, -0.2) is 0 Å². The number of ether oxygens (including phenoxy) is 3. The Morgan fingerprint density at radius 3 is 2.47 bits per heavy atom. The normalized spacial score (nSPS) is 35.7. The van der Waals surface area contributed by atoms with E-state index in [-0.39, 0.29) is 36.2 Å². The Morgan fingerprint density at radius 2 is 1.84 bits per heavy atom. The SMILES string of the molecule is CC/C=C\C(=O)NC1CC(C)C(C/C=C(C)/C=C/C2O[C@H](CC(=O)N(CC)CC)CC3(CO3)[C@@H]2O)OC1C. The quantitative estimate of drug-likeness (QED) is 0.239. The molecular formula is C30H48N2O6. The molecular weight excluding hydrogens is 484 g/mol. The zero-order valence-corrected chi connectivity index (χ0v) is 24.0. The lowest BCUT2D eigenvalue weighted by Crippen LogP contribution is -2.51. The van der Waals surface area contributed by atoms with Gasteiger partial charge in [0.05, 0.1) is 37.4 Å². The highest BCUT2D eigenvalue weighted by atomic mass is 16.6. The molecule has 38 heavy (non-hydrogen) atoms. The van der Waals surface area contributed by atoms with Crippen molar-refractivity contribution in [2.24, 2.45) is 5.92 Å². The molecule has 0 aliphatic carbocycles. The molecule has 8 atom stereocenters. The number of epoxide rings is 1. The number of nitrogens with zero attached hydrogens (tertiary/aromatic N) is 1. The van der Waals surface area contributed by atoms with Crippen molar-refractivity contribution < 1.29 is 28.9 Å². The van der Waals surface area contributed by atoms with E-state index in [1.807, 2.05) is 52.8 Å². The van der Waals surface area contributed by atoms with Gasteiger partial charge < -0.3 is 29.5 Å². The van der Waals surface area contributed by atoms with Crippen LogP contribution in [0.5, 0.6) is 0 Å². The van der Waals surface area contributed by atoms with Crippen molar-refractivity contribution in [3.8, 4) is 0 Å². The third-order valence-electron chi connectivity index (χ3n) is 8.08. The zero-order chi connectivity index (χ0) is 27.9. The van der Waals surface area contributed by atoms with Crippen LogP contribution >= 0.6 is 0 Å². The molecule has 6 unspecified atom stereocenters. The van der Waals surface area contributed by atoms with Crippen LogP contribution in [0.15, 0.2) is 36.0 Å². The molecule has 0 aromatic carbocycles. The molecule has 2 amide bonds. The third kappa shape index (κ3) is 8.01. The molecule has 1 spiro atoms. The van der Waals surface area contributed by atoms with E-state index in [2.05, 4.69) is 18.3 Å². The van der Waals surface area contributed by atoms with Gasteiger partial charge in [0.2, 0.25) is 11.8 Å². The van der Waals surface area contributed by atoms with Crippen LogP contribution in [-0.2, 0) is 23.8 Å². The molecule has 3 rings (SSSR count). The molecule has 2 N–H and O–H groups in total. The topological polar surface area (TPSA) is 101 Å². The van der Waals surface area contributed by atoms with Gasteiger partial charge in [-0.1, -0.05) is 43.7 Å². The summed E-state index contributed by atoms with van der Waals surface area (Å²) >= 11 is 0. The lowest BCUT2D eigenvalue weighted by atomic mass is 9.87. The van der Waals surface area contributed by atoms with E-state index in [0.29, 0.717) is 38.5 Å². The van der Waals surface area contributed by atoms with Gasteiger partial charge in [0.15, 0.2) is 0 Å². The second-order valence-corrected chi connectivity index (χ2v) is 11.1. The molecule has 3 saturated heterocycles. The number of aliphatic hydroxyl groups is 1. The molecule has 0 aromatic heterocycles. The van der Waals surface area contributed by atoms with E-state index >= 15 is 0 Å². The summed E-state index contributed by atoms with van der Waals surface area (Å²) in [6, 6.07) is 0.00342. The number of aliphatic hydroxyl groups excluding tert-OH is 1. The number of carbonyl (C=O) groups is 2. The van der Waals surface area contributed by atoms with Gasteiger partial charge >= 0.3 is 0 Å². The second-order valence-electron chi connectivity index (χ2n) is 11.1. The molecule has 3 fully saturated rings. The van der Waals surface area contributed by atoms with E-state index in [9.17, 15) is 14.7 Å². The summed E-state index contributed by atoms with van der Waals surface area (Å²) in [6.45, 7) is 14.0. The van der Waals surface area contributed by atoms with Crippen LogP contribution in [0.1, 0.15) is 73.6 Å². The molecule has 0 radical (unpaired) electrons. The Morgan fingerprint density at radius 1 is 1.13 bits per heavy atom. The predicted molar refractivity (Wildman–Crippen MR) is 148 cm³/mol. The number of allylic oxidation sites excluding steroid dienone is 3. The summed E-state index contributed by atoms with van der Waals surface area (Å²) in [5.41, 5.74) is 0.454. The number of hydrogen-bond donors (Lipinski definition) is 2. The number of amides is 2. The maximum atomic E-state index is 12.6. The summed E-state index contributed by atoms with van der Waals surface area (Å²) in [5, 5.41) is 14.0. The highest BCUT2D eigenvalue weighted by molar-refractivity contribution is 5.87. The van der Waals surface area contributed by atoms with Crippen molar-refractivity contribution in [2.75, 3.05) is 19.7 Å². The van der Waals surface area contributed by atoms with Gasteiger partial charge in [0, 0.05) is 19.5 Å². The molecule has 3 aliphatic heterocycles. The van der Waals surface area contributed by atoms with Crippen molar-refractivity contribution in [3.63, 3.8) is 0 Å². The van der Waals surface area contributed by atoms with E-state index < -0.39 is 17.8 Å². The summed E-state index contributed by atoms with van der Waals surface area (Å²) in [4.78, 5) is 26.5. The van der Waals surface area contributed by atoms with Gasteiger partial charge in [-0.3, -0.25) is 9.59 Å². The zero-order valence-electron chi connectivity index (χ0n) is 24.0. The summed E-state index contributed by atoms with van der Waals surface area (Å²) in [5.74, 6) is 0.309. The van der Waals surface area contributed by atoms with Crippen molar-refractivity contribution in [1.82, 2.24) is 10.2 Å².